The van der Waals surface area contributed by atoms with Crippen LogP contribution in [0.15, 0.2) is 67.3 Å². The molecular weight excluding hydrogens is 304 g/mol. The third-order valence-electron chi connectivity index (χ3n) is 3.27. The highest BCUT2D eigenvalue weighted by Gasteiger charge is 1.99. The molecule has 2 aromatic rings. The fraction of sp³-hybridized carbons (Fsp3) is 0.250. The summed E-state index contributed by atoms with van der Waals surface area (Å²) in [6.07, 6.45) is 1.79. The van der Waals surface area contributed by atoms with Gasteiger partial charge in [-0.2, -0.15) is 0 Å². The SMILES string of the molecule is C=CC(=O)OCCCOc1ccc(COCc2ccccc2)cc1. The summed E-state index contributed by atoms with van der Waals surface area (Å²) in [6, 6.07) is 17.9. The van der Waals surface area contributed by atoms with Crippen LogP contribution in [0.1, 0.15) is 17.5 Å². The highest BCUT2D eigenvalue weighted by molar-refractivity contribution is 5.81. The van der Waals surface area contributed by atoms with E-state index in [1.54, 1.807) is 0 Å². The summed E-state index contributed by atoms with van der Waals surface area (Å²) in [5.74, 6) is 0.381. The average Bonchev–Trinajstić information content (AvgIpc) is 2.63. The first-order valence-corrected chi connectivity index (χ1v) is 7.90. The van der Waals surface area contributed by atoms with Crippen LogP contribution >= 0.6 is 0 Å². The van der Waals surface area contributed by atoms with Gasteiger partial charge in [0, 0.05) is 12.5 Å². The van der Waals surface area contributed by atoms with Gasteiger partial charge in [-0.05, 0) is 23.3 Å². The molecule has 0 atom stereocenters. The first kappa shape index (κ1) is 17.8. The standard InChI is InChI=1S/C20H22O4/c1-2-20(21)24-14-6-13-23-19-11-9-18(10-12-19)16-22-15-17-7-4-3-5-8-17/h2-5,7-12H,1,6,13-16H2. The van der Waals surface area contributed by atoms with Crippen LogP contribution in [0.4, 0.5) is 0 Å². The van der Waals surface area contributed by atoms with Crippen LogP contribution in [0.5, 0.6) is 5.75 Å². The lowest BCUT2D eigenvalue weighted by molar-refractivity contribution is -0.137. The zero-order valence-electron chi connectivity index (χ0n) is 13.6. The van der Waals surface area contributed by atoms with Crippen molar-refractivity contribution in [1.82, 2.24) is 0 Å². The fourth-order valence-corrected chi connectivity index (χ4v) is 2.02. The van der Waals surface area contributed by atoms with Crippen molar-refractivity contribution in [3.8, 4) is 5.75 Å². The van der Waals surface area contributed by atoms with Crippen LogP contribution in [0.2, 0.25) is 0 Å². The summed E-state index contributed by atoms with van der Waals surface area (Å²) in [4.78, 5) is 10.9. The van der Waals surface area contributed by atoms with Gasteiger partial charge < -0.3 is 14.2 Å². The Labute approximate surface area is 142 Å². The van der Waals surface area contributed by atoms with E-state index in [0.717, 1.165) is 23.0 Å². The summed E-state index contributed by atoms with van der Waals surface area (Å²) < 4.78 is 16.2. The maximum atomic E-state index is 10.9. The molecule has 24 heavy (non-hydrogen) atoms. The molecule has 0 unspecified atom stereocenters. The minimum atomic E-state index is -0.408. The molecule has 0 spiro atoms. The maximum absolute atomic E-state index is 10.9. The number of hydrogen-bond acceptors (Lipinski definition) is 4. The fourth-order valence-electron chi connectivity index (χ4n) is 2.02. The molecule has 0 aliphatic carbocycles. The first-order chi connectivity index (χ1) is 11.8. The quantitative estimate of drug-likeness (QED) is 0.377. The van der Waals surface area contributed by atoms with Gasteiger partial charge in [0.25, 0.3) is 0 Å². The highest BCUT2D eigenvalue weighted by atomic mass is 16.5. The van der Waals surface area contributed by atoms with Crippen molar-refractivity contribution in [2.75, 3.05) is 13.2 Å². The highest BCUT2D eigenvalue weighted by Crippen LogP contribution is 2.14. The summed E-state index contributed by atoms with van der Waals surface area (Å²) in [5.41, 5.74) is 2.26. The molecule has 0 bridgehead atoms. The van der Waals surface area contributed by atoms with Crippen molar-refractivity contribution in [1.29, 1.82) is 0 Å². The van der Waals surface area contributed by atoms with Crippen molar-refractivity contribution < 1.29 is 19.0 Å². The van der Waals surface area contributed by atoms with Crippen LogP contribution < -0.4 is 4.74 Å². The second-order valence-corrected chi connectivity index (χ2v) is 5.20. The maximum Gasteiger partial charge on any atom is 0.330 e. The van der Waals surface area contributed by atoms with Gasteiger partial charge in [0.2, 0.25) is 0 Å². The van der Waals surface area contributed by atoms with E-state index in [2.05, 4.69) is 6.58 Å². The second kappa shape index (κ2) is 10.2. The van der Waals surface area contributed by atoms with E-state index in [0.29, 0.717) is 32.8 Å². The molecule has 4 nitrogen and oxygen atoms in total. The van der Waals surface area contributed by atoms with E-state index in [4.69, 9.17) is 14.2 Å². The van der Waals surface area contributed by atoms with Gasteiger partial charge in [-0.1, -0.05) is 49.0 Å². The Balaban J connectivity index is 1.63. The van der Waals surface area contributed by atoms with E-state index >= 15 is 0 Å². The van der Waals surface area contributed by atoms with Crippen LogP contribution in [-0.2, 0) is 27.5 Å². The molecule has 0 amide bonds. The monoisotopic (exact) mass is 326 g/mol. The lowest BCUT2D eigenvalue weighted by Crippen LogP contribution is -2.06. The molecule has 0 heterocycles. The number of carbonyl (C=O) groups excluding carboxylic acids is 1. The van der Waals surface area contributed by atoms with E-state index in [-0.39, 0.29) is 0 Å². The van der Waals surface area contributed by atoms with Gasteiger partial charge in [-0.25, -0.2) is 4.79 Å². The predicted molar refractivity (Wildman–Crippen MR) is 92.6 cm³/mol. The van der Waals surface area contributed by atoms with Gasteiger partial charge in [0.1, 0.15) is 5.75 Å². The Morgan fingerprint density at radius 2 is 1.58 bits per heavy atom. The molecule has 0 N–H and O–H groups in total. The number of rotatable bonds is 10. The van der Waals surface area contributed by atoms with Gasteiger partial charge in [0.05, 0.1) is 26.4 Å². The zero-order chi connectivity index (χ0) is 17.0. The minimum Gasteiger partial charge on any atom is -0.493 e. The average molecular weight is 326 g/mol. The molecule has 2 rings (SSSR count). The lowest BCUT2D eigenvalue weighted by atomic mass is 10.2. The molecule has 0 radical (unpaired) electrons. The molecular formula is C20H22O4. The van der Waals surface area contributed by atoms with E-state index < -0.39 is 5.97 Å². The van der Waals surface area contributed by atoms with Crippen molar-refractivity contribution in [2.45, 2.75) is 19.6 Å². The van der Waals surface area contributed by atoms with Gasteiger partial charge in [-0.3, -0.25) is 0 Å². The summed E-state index contributed by atoms with van der Waals surface area (Å²) in [6.45, 7) is 5.32. The van der Waals surface area contributed by atoms with Crippen molar-refractivity contribution >= 4 is 5.97 Å². The van der Waals surface area contributed by atoms with Gasteiger partial charge in [-0.15, -0.1) is 0 Å². The molecule has 0 aromatic heterocycles. The molecule has 0 saturated heterocycles. The molecule has 0 aliphatic rings. The van der Waals surface area contributed by atoms with Crippen molar-refractivity contribution in [3.05, 3.63) is 78.4 Å². The lowest BCUT2D eigenvalue weighted by Gasteiger charge is -2.08. The third-order valence-corrected chi connectivity index (χ3v) is 3.27. The third kappa shape index (κ3) is 6.67. The van der Waals surface area contributed by atoms with Gasteiger partial charge >= 0.3 is 5.97 Å². The Morgan fingerprint density at radius 1 is 0.917 bits per heavy atom. The number of benzene rings is 2. The molecule has 2 aromatic carbocycles. The first-order valence-electron chi connectivity index (χ1n) is 7.90. The van der Waals surface area contributed by atoms with Crippen LogP contribution in [-0.4, -0.2) is 19.2 Å². The molecule has 0 fully saturated rings. The van der Waals surface area contributed by atoms with E-state index in [1.165, 1.54) is 0 Å². The van der Waals surface area contributed by atoms with Crippen LogP contribution in [0.25, 0.3) is 0 Å². The van der Waals surface area contributed by atoms with Crippen LogP contribution in [0.3, 0.4) is 0 Å². The molecule has 0 aliphatic heterocycles. The Bertz CT molecular complexity index is 620. The largest absolute Gasteiger partial charge is 0.493 e. The topological polar surface area (TPSA) is 44.8 Å². The normalized spacial score (nSPS) is 10.2. The Hall–Kier alpha value is -2.59. The van der Waals surface area contributed by atoms with Gasteiger partial charge in [0.15, 0.2) is 0 Å². The Morgan fingerprint density at radius 3 is 2.25 bits per heavy atom. The minimum absolute atomic E-state index is 0.330. The summed E-state index contributed by atoms with van der Waals surface area (Å²) >= 11 is 0. The number of carbonyl (C=O) groups is 1. The van der Waals surface area contributed by atoms with Crippen LogP contribution in [0, 0.1) is 0 Å². The van der Waals surface area contributed by atoms with Crippen molar-refractivity contribution in [3.63, 3.8) is 0 Å². The molecule has 0 saturated carbocycles. The summed E-state index contributed by atoms with van der Waals surface area (Å²) in [7, 11) is 0. The van der Waals surface area contributed by atoms with E-state index in [9.17, 15) is 4.79 Å². The van der Waals surface area contributed by atoms with E-state index in [1.807, 2.05) is 54.6 Å². The smallest absolute Gasteiger partial charge is 0.330 e. The zero-order valence-corrected chi connectivity index (χ0v) is 13.6. The number of ether oxygens (including phenoxy) is 3. The predicted octanol–water partition coefficient (Wildman–Crippen LogP) is 3.90. The summed E-state index contributed by atoms with van der Waals surface area (Å²) in [5, 5.41) is 0. The molecule has 126 valence electrons. The number of hydrogen-bond donors (Lipinski definition) is 0. The van der Waals surface area contributed by atoms with Crippen molar-refractivity contribution in [2.24, 2.45) is 0 Å². The second-order valence-electron chi connectivity index (χ2n) is 5.20. The Kier molecular flexibility index (Phi) is 7.57. The number of esters is 1. The molecule has 4 heteroatoms.